The first kappa shape index (κ1) is 20.6. The number of allylic oxidation sites excluding steroid dienone is 1. The van der Waals surface area contributed by atoms with E-state index >= 15 is 0 Å². The van der Waals surface area contributed by atoms with Crippen LogP contribution in [0.3, 0.4) is 0 Å². The predicted octanol–water partition coefficient (Wildman–Crippen LogP) is 5.15. The topological polar surface area (TPSA) is 46.5 Å². The molecule has 1 saturated heterocycles. The fraction of sp³-hybridized carbons (Fsp3) is 0.842. The third kappa shape index (κ3) is 10.8. The second kappa shape index (κ2) is 13.9. The van der Waals surface area contributed by atoms with Crippen LogP contribution in [0.2, 0.25) is 0 Å². The van der Waals surface area contributed by atoms with Crippen molar-refractivity contribution in [3.05, 3.63) is 12.2 Å². The van der Waals surface area contributed by atoms with Crippen molar-refractivity contribution in [1.29, 1.82) is 0 Å². The fourth-order valence-corrected chi connectivity index (χ4v) is 4.72. The molecule has 1 rings (SSSR count). The minimum absolute atomic E-state index is 0.824. The molecule has 0 aromatic carbocycles. The van der Waals surface area contributed by atoms with Crippen LogP contribution in [0.15, 0.2) is 12.2 Å². The molecule has 134 valence electrons. The van der Waals surface area contributed by atoms with E-state index in [2.05, 4.69) is 18.7 Å². The van der Waals surface area contributed by atoms with E-state index in [1.54, 1.807) is 6.08 Å². The second-order valence-electron chi connectivity index (χ2n) is 6.54. The molecular weight excluding hydrogens is 308 g/mol. The van der Waals surface area contributed by atoms with Crippen LogP contribution in [0, 0.1) is 11.8 Å². The maximum absolute atomic E-state index is 10.4. The minimum Gasteiger partial charge on any atom is -0.478 e. The Kier molecular flexibility index (Phi) is 12.4. The van der Waals surface area contributed by atoms with Gasteiger partial charge in [-0.15, -0.1) is 0 Å². The molecule has 0 aromatic rings. The number of hydrogen-bond donors (Lipinski definition) is 1. The van der Waals surface area contributed by atoms with Gasteiger partial charge in [0.1, 0.15) is 0 Å². The number of thioether (sulfide) groups is 1. The lowest BCUT2D eigenvalue weighted by atomic mass is 9.88. The number of rotatable bonds is 14. The lowest BCUT2D eigenvalue weighted by Crippen LogP contribution is -2.15. The van der Waals surface area contributed by atoms with Crippen molar-refractivity contribution in [2.45, 2.75) is 64.7 Å². The van der Waals surface area contributed by atoms with Gasteiger partial charge in [-0.2, -0.15) is 11.8 Å². The van der Waals surface area contributed by atoms with Gasteiger partial charge in [-0.3, -0.25) is 0 Å². The zero-order chi connectivity index (χ0) is 16.8. The largest absolute Gasteiger partial charge is 0.478 e. The minimum atomic E-state index is -0.841. The molecule has 3 nitrogen and oxygen atoms in total. The van der Waals surface area contributed by atoms with Gasteiger partial charge in [-0.25, -0.2) is 4.79 Å². The Morgan fingerprint density at radius 2 is 1.87 bits per heavy atom. The summed E-state index contributed by atoms with van der Waals surface area (Å²) in [5, 5.41) is 8.54. The van der Waals surface area contributed by atoms with Gasteiger partial charge in [0.25, 0.3) is 0 Å². The SMILES string of the molecule is CCCCCCOCCC1CSCC1CCCC/C=C/C(=O)O. The van der Waals surface area contributed by atoms with Gasteiger partial charge < -0.3 is 9.84 Å². The molecular formula is C19H34O3S. The third-order valence-electron chi connectivity index (χ3n) is 4.56. The van der Waals surface area contributed by atoms with Crippen molar-refractivity contribution in [3.8, 4) is 0 Å². The molecule has 1 heterocycles. The zero-order valence-corrected chi connectivity index (χ0v) is 15.5. The van der Waals surface area contributed by atoms with Crippen molar-refractivity contribution in [1.82, 2.24) is 0 Å². The molecule has 4 heteroatoms. The number of unbranched alkanes of at least 4 members (excludes halogenated alkanes) is 5. The second-order valence-corrected chi connectivity index (χ2v) is 7.62. The van der Waals surface area contributed by atoms with E-state index in [1.165, 1.54) is 62.5 Å². The number of aliphatic carboxylic acids is 1. The summed E-state index contributed by atoms with van der Waals surface area (Å²) in [6.45, 7) is 4.09. The molecule has 1 fully saturated rings. The maximum Gasteiger partial charge on any atom is 0.327 e. The number of ether oxygens (including phenoxy) is 1. The zero-order valence-electron chi connectivity index (χ0n) is 14.7. The van der Waals surface area contributed by atoms with Crippen molar-refractivity contribution >= 4 is 17.7 Å². The van der Waals surface area contributed by atoms with E-state index in [1.807, 2.05) is 0 Å². The van der Waals surface area contributed by atoms with Gasteiger partial charge in [0.2, 0.25) is 0 Å². The van der Waals surface area contributed by atoms with Crippen LogP contribution in [0.1, 0.15) is 64.7 Å². The number of carbonyl (C=O) groups is 1. The normalized spacial score (nSPS) is 21.3. The van der Waals surface area contributed by atoms with Gasteiger partial charge in [0.05, 0.1) is 0 Å². The van der Waals surface area contributed by atoms with E-state index < -0.39 is 5.97 Å². The summed E-state index contributed by atoms with van der Waals surface area (Å²) in [6, 6.07) is 0. The van der Waals surface area contributed by atoms with Crippen LogP contribution in [-0.4, -0.2) is 35.8 Å². The highest BCUT2D eigenvalue weighted by Crippen LogP contribution is 2.35. The molecule has 2 unspecified atom stereocenters. The molecule has 0 aromatic heterocycles. The van der Waals surface area contributed by atoms with Crippen molar-refractivity contribution < 1.29 is 14.6 Å². The van der Waals surface area contributed by atoms with Crippen molar-refractivity contribution in [3.63, 3.8) is 0 Å². The Bertz CT molecular complexity index is 331. The fourth-order valence-electron chi connectivity index (χ4n) is 3.10. The first-order valence-corrected chi connectivity index (χ1v) is 10.4. The maximum atomic E-state index is 10.4. The molecule has 0 radical (unpaired) electrons. The highest BCUT2D eigenvalue weighted by molar-refractivity contribution is 7.99. The first-order valence-electron chi connectivity index (χ1n) is 9.29. The molecule has 23 heavy (non-hydrogen) atoms. The molecule has 0 aliphatic carbocycles. The van der Waals surface area contributed by atoms with E-state index in [9.17, 15) is 4.79 Å². The summed E-state index contributed by atoms with van der Waals surface area (Å²) in [5.41, 5.74) is 0. The highest BCUT2D eigenvalue weighted by Gasteiger charge is 2.26. The van der Waals surface area contributed by atoms with Gasteiger partial charge >= 0.3 is 5.97 Å². The molecule has 1 N–H and O–H groups in total. The van der Waals surface area contributed by atoms with Gasteiger partial charge in [-0.05, 0) is 55.4 Å². The van der Waals surface area contributed by atoms with E-state index in [0.717, 1.165) is 37.9 Å². The smallest absolute Gasteiger partial charge is 0.327 e. The Morgan fingerprint density at radius 3 is 2.61 bits per heavy atom. The van der Waals surface area contributed by atoms with Crippen molar-refractivity contribution in [2.75, 3.05) is 24.7 Å². The lowest BCUT2D eigenvalue weighted by molar-refractivity contribution is -0.131. The van der Waals surface area contributed by atoms with Gasteiger partial charge in [0.15, 0.2) is 0 Å². The van der Waals surface area contributed by atoms with E-state index in [0.29, 0.717) is 0 Å². The predicted molar refractivity (Wildman–Crippen MR) is 99.1 cm³/mol. The number of carboxylic acid groups (broad SMARTS) is 1. The average Bonchev–Trinajstić information content (AvgIpc) is 2.97. The Hall–Kier alpha value is -0.480. The number of hydrogen-bond acceptors (Lipinski definition) is 3. The summed E-state index contributed by atoms with van der Waals surface area (Å²) >= 11 is 2.09. The molecule has 0 saturated carbocycles. The van der Waals surface area contributed by atoms with E-state index in [-0.39, 0.29) is 0 Å². The molecule has 1 aliphatic heterocycles. The molecule has 0 bridgehead atoms. The van der Waals surface area contributed by atoms with E-state index in [4.69, 9.17) is 9.84 Å². The summed E-state index contributed by atoms with van der Waals surface area (Å²) in [5.74, 6) is 3.42. The summed E-state index contributed by atoms with van der Waals surface area (Å²) in [4.78, 5) is 10.4. The molecule has 2 atom stereocenters. The Balaban J connectivity index is 2.01. The van der Waals surface area contributed by atoms with Crippen LogP contribution in [0.5, 0.6) is 0 Å². The summed E-state index contributed by atoms with van der Waals surface area (Å²) < 4.78 is 5.80. The van der Waals surface area contributed by atoms with Crippen LogP contribution >= 0.6 is 11.8 Å². The van der Waals surface area contributed by atoms with Crippen LogP contribution < -0.4 is 0 Å². The quantitative estimate of drug-likeness (QED) is 0.350. The summed E-state index contributed by atoms with van der Waals surface area (Å²) in [7, 11) is 0. The third-order valence-corrected chi connectivity index (χ3v) is 5.89. The Labute approximate surface area is 146 Å². The monoisotopic (exact) mass is 342 g/mol. The average molecular weight is 343 g/mol. The Morgan fingerprint density at radius 1 is 1.09 bits per heavy atom. The van der Waals surface area contributed by atoms with Gasteiger partial charge in [-0.1, -0.05) is 38.7 Å². The van der Waals surface area contributed by atoms with Crippen LogP contribution in [0.25, 0.3) is 0 Å². The lowest BCUT2D eigenvalue weighted by Gasteiger charge is -2.18. The molecule has 0 spiro atoms. The number of carboxylic acids is 1. The van der Waals surface area contributed by atoms with Gasteiger partial charge in [0, 0.05) is 19.3 Å². The summed E-state index contributed by atoms with van der Waals surface area (Å²) in [6.07, 6.45) is 13.8. The van der Waals surface area contributed by atoms with Crippen LogP contribution in [0.4, 0.5) is 0 Å². The van der Waals surface area contributed by atoms with Crippen molar-refractivity contribution in [2.24, 2.45) is 11.8 Å². The van der Waals surface area contributed by atoms with Crippen LogP contribution in [-0.2, 0) is 9.53 Å². The first-order chi connectivity index (χ1) is 11.2. The highest BCUT2D eigenvalue weighted by atomic mass is 32.2. The standard InChI is InChI=1S/C19H34O3S/c1-2-3-4-9-13-22-14-12-18-16-23-15-17(18)10-7-5-6-8-11-19(20)21/h8,11,17-18H,2-7,9-10,12-16H2,1H3,(H,20,21)/b11-8+. The molecule has 1 aliphatic rings. The molecule has 0 amide bonds.